The first-order valence-corrected chi connectivity index (χ1v) is 14.8. The van der Waals surface area contributed by atoms with E-state index in [9.17, 15) is 8.78 Å². The van der Waals surface area contributed by atoms with Crippen molar-refractivity contribution in [3.05, 3.63) is 36.2 Å². The molecule has 42 heavy (non-hydrogen) atoms. The van der Waals surface area contributed by atoms with E-state index < -0.39 is 6.43 Å². The Kier molecular flexibility index (Phi) is 10.2. The summed E-state index contributed by atoms with van der Waals surface area (Å²) >= 11 is 0. The van der Waals surface area contributed by atoms with Crippen LogP contribution in [0.15, 0.2) is 30.3 Å². The molecule has 9 nitrogen and oxygen atoms in total. The third kappa shape index (κ3) is 7.00. The maximum atomic E-state index is 14.2. The fraction of sp³-hybridized carbons (Fsp3) is 0.581. The Morgan fingerprint density at radius 2 is 1.83 bits per heavy atom. The molecule has 0 radical (unpaired) electrons. The Labute approximate surface area is 246 Å². The molecule has 0 spiro atoms. The normalized spacial score (nSPS) is 20.1. The van der Waals surface area contributed by atoms with E-state index in [2.05, 4.69) is 38.9 Å². The van der Waals surface area contributed by atoms with Gasteiger partial charge in [-0.3, -0.25) is 9.47 Å². The van der Waals surface area contributed by atoms with Gasteiger partial charge in [0.2, 0.25) is 5.95 Å². The fourth-order valence-corrected chi connectivity index (χ4v) is 6.07. The summed E-state index contributed by atoms with van der Waals surface area (Å²) in [4.78, 5) is 18.4. The summed E-state index contributed by atoms with van der Waals surface area (Å²) < 4.78 is 40.7. The summed E-state index contributed by atoms with van der Waals surface area (Å²) in [5.74, 6) is 7.90. The van der Waals surface area contributed by atoms with Crippen LogP contribution in [0.4, 0.5) is 20.5 Å². The number of fused-ring (bicyclic) bond motifs is 1. The number of para-hydroxylation sites is 2. The molecule has 0 amide bonds. The van der Waals surface area contributed by atoms with Crippen molar-refractivity contribution in [1.82, 2.24) is 24.4 Å². The van der Waals surface area contributed by atoms with Gasteiger partial charge in [-0.25, -0.2) is 13.8 Å². The minimum atomic E-state index is -2.75. The van der Waals surface area contributed by atoms with E-state index in [-0.39, 0.29) is 5.82 Å². The van der Waals surface area contributed by atoms with E-state index >= 15 is 0 Å². The molecule has 2 aromatic heterocycles. The second-order valence-electron chi connectivity index (χ2n) is 11.1. The van der Waals surface area contributed by atoms with Crippen LogP contribution in [0.5, 0.6) is 0 Å². The average Bonchev–Trinajstić information content (AvgIpc) is 3.42. The molecule has 1 aromatic carbocycles. The Morgan fingerprint density at radius 3 is 2.55 bits per heavy atom. The molecule has 3 aromatic rings. The van der Waals surface area contributed by atoms with Gasteiger partial charge in [-0.15, -0.1) is 5.92 Å². The molecule has 1 aliphatic carbocycles. The van der Waals surface area contributed by atoms with Gasteiger partial charge in [0.1, 0.15) is 11.6 Å². The number of hydrogen-bond acceptors (Lipinski definition) is 8. The molecule has 5 rings (SSSR count). The highest BCUT2D eigenvalue weighted by Crippen LogP contribution is 2.31. The number of rotatable bonds is 11. The lowest BCUT2D eigenvalue weighted by atomic mass is 9.84. The van der Waals surface area contributed by atoms with Gasteiger partial charge in [-0.1, -0.05) is 18.1 Å². The number of halogens is 2. The number of alkyl halides is 2. The Bertz CT molecular complexity index is 1370. The van der Waals surface area contributed by atoms with Gasteiger partial charge in [0.05, 0.1) is 37.4 Å². The van der Waals surface area contributed by atoms with Gasteiger partial charge in [0.25, 0.3) is 6.43 Å². The quantitative estimate of drug-likeness (QED) is 0.320. The van der Waals surface area contributed by atoms with E-state index in [1.807, 2.05) is 13.0 Å². The van der Waals surface area contributed by atoms with Gasteiger partial charge in [-0.2, -0.15) is 9.97 Å². The van der Waals surface area contributed by atoms with E-state index in [1.165, 1.54) is 4.57 Å². The monoisotopic (exact) mass is 581 g/mol. The number of nitrogens with zero attached hydrogens (tertiary/aromatic N) is 6. The molecule has 2 fully saturated rings. The third-order valence-electron chi connectivity index (χ3n) is 8.29. The van der Waals surface area contributed by atoms with E-state index in [0.717, 1.165) is 32.2 Å². The molecule has 1 saturated heterocycles. The summed E-state index contributed by atoms with van der Waals surface area (Å²) in [6.45, 7) is 8.76. The molecule has 1 N–H and O–H groups in total. The summed E-state index contributed by atoms with van der Waals surface area (Å²) in [7, 11) is 1.74. The standard InChI is InChI=1S/C31H41F2N7O2/c1-4-5-14-39(22(2)21-41-3)24-12-10-23(11-13-24)20-34-31-36-27(38-15-17-42-18-16-38)19-28(37-31)40-26-9-7-6-8-25(26)35-30(40)29(32)33/h6-9,19,22-24,29H,10-18,20-21H2,1-3H3,(H,34,36,37)/t22?,23-,24-. The first-order valence-electron chi connectivity index (χ1n) is 14.8. The Hall–Kier alpha value is -3.33. The maximum absolute atomic E-state index is 14.2. The highest BCUT2D eigenvalue weighted by molar-refractivity contribution is 5.78. The lowest BCUT2D eigenvalue weighted by molar-refractivity contribution is 0.0598. The van der Waals surface area contributed by atoms with Crippen molar-refractivity contribution >= 4 is 22.8 Å². The molecule has 1 saturated carbocycles. The first kappa shape index (κ1) is 30.1. The predicted octanol–water partition coefficient (Wildman–Crippen LogP) is 4.92. The molecule has 226 valence electrons. The summed E-state index contributed by atoms with van der Waals surface area (Å²) in [6, 6.07) is 9.70. The summed E-state index contributed by atoms with van der Waals surface area (Å²) in [5, 5.41) is 3.46. The van der Waals surface area contributed by atoms with Crippen LogP contribution in [0.2, 0.25) is 0 Å². The second kappa shape index (κ2) is 14.2. The van der Waals surface area contributed by atoms with Crippen molar-refractivity contribution in [2.45, 2.75) is 58.0 Å². The zero-order valence-electron chi connectivity index (χ0n) is 24.7. The van der Waals surface area contributed by atoms with Crippen LogP contribution in [0.1, 0.15) is 51.8 Å². The predicted molar refractivity (Wildman–Crippen MR) is 160 cm³/mol. The first-order chi connectivity index (χ1) is 20.5. The topological polar surface area (TPSA) is 80.6 Å². The van der Waals surface area contributed by atoms with Crippen LogP contribution >= 0.6 is 0 Å². The zero-order valence-corrected chi connectivity index (χ0v) is 24.7. The SMILES string of the molecule is CC#CCN(C(C)COC)[C@H]1CC[C@H](CNc2nc(N3CCOCC3)cc(-n3c(C(F)F)nc4ccccc43)n2)CC1. The molecule has 1 atom stereocenters. The van der Waals surface area contributed by atoms with E-state index in [0.29, 0.717) is 86.1 Å². The van der Waals surface area contributed by atoms with E-state index in [1.54, 1.807) is 31.4 Å². The van der Waals surface area contributed by atoms with Gasteiger partial charge in [0, 0.05) is 44.9 Å². The number of benzene rings is 1. The van der Waals surface area contributed by atoms with Crippen molar-refractivity contribution in [2.24, 2.45) is 5.92 Å². The van der Waals surface area contributed by atoms with Gasteiger partial charge in [0.15, 0.2) is 5.82 Å². The van der Waals surface area contributed by atoms with Crippen LogP contribution in [0, 0.1) is 17.8 Å². The van der Waals surface area contributed by atoms with E-state index in [4.69, 9.17) is 19.4 Å². The third-order valence-corrected chi connectivity index (χ3v) is 8.29. The largest absolute Gasteiger partial charge is 0.383 e. The lowest BCUT2D eigenvalue weighted by Gasteiger charge is -2.39. The highest BCUT2D eigenvalue weighted by atomic mass is 19.3. The Morgan fingerprint density at radius 1 is 1.10 bits per heavy atom. The van der Waals surface area contributed by atoms with Gasteiger partial charge in [-0.05, 0) is 57.6 Å². The second-order valence-corrected chi connectivity index (χ2v) is 11.1. The zero-order chi connectivity index (χ0) is 29.5. The minimum absolute atomic E-state index is 0.308. The van der Waals surface area contributed by atoms with Crippen molar-refractivity contribution in [1.29, 1.82) is 0 Å². The number of anilines is 2. The molecule has 0 bridgehead atoms. The van der Waals surface area contributed by atoms with Crippen molar-refractivity contribution in [3.8, 4) is 17.7 Å². The van der Waals surface area contributed by atoms with Crippen molar-refractivity contribution in [2.75, 3.05) is 63.3 Å². The van der Waals surface area contributed by atoms with Crippen LogP contribution < -0.4 is 10.2 Å². The average molecular weight is 582 g/mol. The van der Waals surface area contributed by atoms with Crippen molar-refractivity contribution in [3.63, 3.8) is 0 Å². The number of nitrogens with one attached hydrogen (secondary N) is 1. The summed E-state index contributed by atoms with van der Waals surface area (Å²) in [5.41, 5.74) is 1.09. The number of ether oxygens (including phenoxy) is 2. The van der Waals surface area contributed by atoms with Crippen LogP contribution in [-0.2, 0) is 9.47 Å². The number of morpholine rings is 1. The molecule has 3 heterocycles. The molecular formula is C31H41F2N7O2. The van der Waals surface area contributed by atoms with Crippen molar-refractivity contribution < 1.29 is 18.3 Å². The number of imidazole rings is 1. The Balaban J connectivity index is 1.35. The summed E-state index contributed by atoms with van der Waals surface area (Å²) in [6.07, 6.45) is 1.57. The molecule has 2 aliphatic rings. The molecule has 1 aliphatic heterocycles. The number of methoxy groups -OCH3 is 1. The van der Waals surface area contributed by atoms with Crippen LogP contribution in [0.3, 0.4) is 0 Å². The number of hydrogen-bond donors (Lipinski definition) is 1. The van der Waals surface area contributed by atoms with Gasteiger partial charge < -0.3 is 19.7 Å². The molecule has 1 unspecified atom stereocenters. The fourth-order valence-electron chi connectivity index (χ4n) is 6.07. The number of aromatic nitrogens is 4. The molecular weight excluding hydrogens is 540 g/mol. The van der Waals surface area contributed by atoms with Gasteiger partial charge >= 0.3 is 0 Å². The minimum Gasteiger partial charge on any atom is -0.383 e. The highest BCUT2D eigenvalue weighted by Gasteiger charge is 2.29. The van der Waals surface area contributed by atoms with Crippen LogP contribution in [0.25, 0.3) is 16.9 Å². The molecule has 11 heteroatoms. The lowest BCUT2D eigenvalue weighted by Crippen LogP contribution is -2.46. The smallest absolute Gasteiger partial charge is 0.296 e. The maximum Gasteiger partial charge on any atom is 0.296 e. The van der Waals surface area contributed by atoms with Crippen LogP contribution in [-0.4, -0.2) is 89.6 Å².